The highest BCUT2D eigenvalue weighted by molar-refractivity contribution is 4.90. The Balaban J connectivity index is 2.76. The summed E-state index contributed by atoms with van der Waals surface area (Å²) in [6.07, 6.45) is -2.27. The van der Waals surface area contributed by atoms with Crippen molar-refractivity contribution in [3.05, 3.63) is 0 Å². The van der Waals surface area contributed by atoms with E-state index in [9.17, 15) is 18.3 Å². The molecule has 0 aromatic carbocycles. The van der Waals surface area contributed by atoms with Crippen LogP contribution in [0.25, 0.3) is 0 Å². The van der Waals surface area contributed by atoms with E-state index in [0.717, 1.165) is 12.8 Å². The van der Waals surface area contributed by atoms with Crippen molar-refractivity contribution in [2.24, 2.45) is 5.92 Å². The molecule has 3 unspecified atom stereocenters. The Bertz CT molecular complexity index is 245. The third-order valence-corrected chi connectivity index (χ3v) is 3.88. The van der Waals surface area contributed by atoms with Crippen LogP contribution in [-0.2, 0) is 0 Å². The number of hydrogen-bond donors (Lipinski definition) is 1. The number of halogens is 3. The van der Waals surface area contributed by atoms with Gasteiger partial charge in [-0.2, -0.15) is 13.2 Å². The van der Waals surface area contributed by atoms with E-state index in [0.29, 0.717) is 13.1 Å². The molecule has 0 aromatic rings. The van der Waals surface area contributed by atoms with Crippen molar-refractivity contribution >= 4 is 0 Å². The number of hydrogen-bond acceptors (Lipinski definition) is 2. The molecule has 0 aromatic heterocycles. The lowest BCUT2D eigenvalue weighted by Crippen LogP contribution is -2.50. The Morgan fingerprint density at radius 1 is 1.22 bits per heavy atom. The molecule has 108 valence electrons. The second-order valence-corrected chi connectivity index (χ2v) is 5.16. The molecule has 0 bridgehead atoms. The van der Waals surface area contributed by atoms with Crippen molar-refractivity contribution in [1.82, 2.24) is 4.90 Å². The predicted octanol–water partition coefficient (Wildman–Crippen LogP) is 3.20. The Labute approximate surface area is 107 Å². The van der Waals surface area contributed by atoms with E-state index < -0.39 is 24.2 Å². The van der Waals surface area contributed by atoms with Gasteiger partial charge in [0.25, 0.3) is 0 Å². The van der Waals surface area contributed by atoms with Crippen LogP contribution in [0.15, 0.2) is 0 Å². The molecule has 1 rings (SSSR count). The average molecular weight is 267 g/mol. The molecule has 0 spiro atoms. The van der Waals surface area contributed by atoms with Crippen molar-refractivity contribution in [2.45, 2.75) is 64.3 Å². The monoisotopic (exact) mass is 267 g/mol. The van der Waals surface area contributed by atoms with Crippen molar-refractivity contribution < 1.29 is 18.3 Å². The maximum Gasteiger partial charge on any atom is 0.393 e. The fraction of sp³-hybridized carbons (Fsp3) is 1.00. The predicted molar refractivity (Wildman–Crippen MR) is 65.3 cm³/mol. The number of aliphatic hydroxyl groups is 1. The first-order chi connectivity index (χ1) is 8.40. The van der Waals surface area contributed by atoms with Crippen LogP contribution < -0.4 is 0 Å². The van der Waals surface area contributed by atoms with Gasteiger partial charge in [-0.05, 0) is 38.8 Å². The largest absolute Gasteiger partial charge is 0.393 e. The van der Waals surface area contributed by atoms with Crippen LogP contribution in [-0.4, -0.2) is 41.4 Å². The zero-order valence-corrected chi connectivity index (χ0v) is 11.2. The lowest BCUT2D eigenvalue weighted by atomic mass is 9.81. The van der Waals surface area contributed by atoms with Gasteiger partial charge in [-0.3, -0.25) is 4.90 Å². The summed E-state index contributed by atoms with van der Waals surface area (Å²) in [6, 6.07) is -0.551. The van der Waals surface area contributed by atoms with E-state index in [1.165, 1.54) is 0 Å². The van der Waals surface area contributed by atoms with Crippen LogP contribution in [0.3, 0.4) is 0 Å². The van der Waals surface area contributed by atoms with Crippen molar-refractivity contribution in [3.63, 3.8) is 0 Å². The van der Waals surface area contributed by atoms with Gasteiger partial charge in [-0.1, -0.05) is 20.3 Å². The molecule has 0 amide bonds. The van der Waals surface area contributed by atoms with Gasteiger partial charge in [-0.25, -0.2) is 0 Å². The minimum Gasteiger partial charge on any atom is -0.393 e. The lowest BCUT2D eigenvalue weighted by Gasteiger charge is -2.42. The molecule has 1 saturated carbocycles. The van der Waals surface area contributed by atoms with Gasteiger partial charge in [0.1, 0.15) is 0 Å². The Morgan fingerprint density at radius 3 is 2.39 bits per heavy atom. The molecule has 5 heteroatoms. The van der Waals surface area contributed by atoms with Crippen LogP contribution in [0.5, 0.6) is 0 Å². The van der Waals surface area contributed by atoms with Crippen LogP contribution in [0.2, 0.25) is 0 Å². The topological polar surface area (TPSA) is 23.5 Å². The van der Waals surface area contributed by atoms with E-state index >= 15 is 0 Å². The maximum atomic E-state index is 13.0. The molecule has 1 fully saturated rings. The van der Waals surface area contributed by atoms with E-state index in [4.69, 9.17) is 0 Å². The van der Waals surface area contributed by atoms with Gasteiger partial charge < -0.3 is 5.11 Å². The average Bonchev–Trinajstić information content (AvgIpc) is 2.28. The molecule has 3 atom stereocenters. The molecule has 2 nitrogen and oxygen atoms in total. The van der Waals surface area contributed by atoms with Gasteiger partial charge in [-0.15, -0.1) is 0 Å². The minimum atomic E-state index is -4.15. The number of unbranched alkanes of at least 4 members (excludes halogenated alkanes) is 1. The van der Waals surface area contributed by atoms with Gasteiger partial charge in [0.15, 0.2) is 0 Å². The highest BCUT2D eigenvalue weighted by Gasteiger charge is 2.48. The first-order valence-electron chi connectivity index (χ1n) is 6.89. The molecule has 1 N–H and O–H groups in total. The quantitative estimate of drug-likeness (QED) is 0.827. The Morgan fingerprint density at radius 2 is 1.89 bits per heavy atom. The summed E-state index contributed by atoms with van der Waals surface area (Å²) in [7, 11) is 0. The number of alkyl halides is 3. The summed E-state index contributed by atoms with van der Waals surface area (Å²) >= 11 is 0. The van der Waals surface area contributed by atoms with Crippen LogP contribution in [0.4, 0.5) is 13.2 Å². The van der Waals surface area contributed by atoms with E-state index in [1.54, 1.807) is 0 Å². The smallest absolute Gasteiger partial charge is 0.393 e. The highest BCUT2D eigenvalue weighted by Crippen LogP contribution is 2.40. The highest BCUT2D eigenvalue weighted by atomic mass is 19.4. The van der Waals surface area contributed by atoms with E-state index in [1.807, 2.05) is 18.7 Å². The van der Waals surface area contributed by atoms with Gasteiger partial charge in [0, 0.05) is 6.04 Å². The third-order valence-electron chi connectivity index (χ3n) is 3.88. The molecule has 0 saturated heterocycles. The fourth-order valence-electron chi connectivity index (χ4n) is 2.83. The lowest BCUT2D eigenvalue weighted by molar-refractivity contribution is -0.204. The molecular weight excluding hydrogens is 243 g/mol. The molecule has 1 aliphatic rings. The van der Waals surface area contributed by atoms with E-state index in [-0.39, 0.29) is 19.3 Å². The standard InChI is InChI=1S/C13H24F3NO/c1-3-5-8-17(4-2)12-9-10(18)6-7-11(12)13(14,15)16/h10-12,18H,3-9H2,1-2H3. The van der Waals surface area contributed by atoms with Crippen LogP contribution in [0.1, 0.15) is 46.0 Å². The summed E-state index contributed by atoms with van der Waals surface area (Å²) < 4.78 is 39.1. The number of rotatable bonds is 5. The first kappa shape index (κ1) is 15.8. The molecular formula is C13H24F3NO. The second kappa shape index (κ2) is 6.75. The fourth-order valence-corrected chi connectivity index (χ4v) is 2.83. The minimum absolute atomic E-state index is 0.0535. The van der Waals surface area contributed by atoms with Crippen LogP contribution in [0, 0.1) is 5.92 Å². The summed E-state index contributed by atoms with van der Waals surface area (Å²) in [5, 5.41) is 9.64. The summed E-state index contributed by atoms with van der Waals surface area (Å²) in [5.41, 5.74) is 0. The first-order valence-corrected chi connectivity index (χ1v) is 6.89. The number of aliphatic hydroxyl groups excluding tert-OH is 1. The van der Waals surface area contributed by atoms with Gasteiger partial charge >= 0.3 is 6.18 Å². The zero-order valence-electron chi connectivity index (χ0n) is 11.2. The zero-order chi connectivity index (χ0) is 13.8. The molecule has 1 aliphatic carbocycles. The summed E-state index contributed by atoms with van der Waals surface area (Å²) in [4.78, 5) is 1.89. The molecule has 0 aliphatic heterocycles. The van der Waals surface area contributed by atoms with Crippen molar-refractivity contribution in [1.29, 1.82) is 0 Å². The molecule has 0 radical (unpaired) electrons. The number of nitrogens with zero attached hydrogens (tertiary/aromatic N) is 1. The van der Waals surface area contributed by atoms with E-state index in [2.05, 4.69) is 0 Å². The SMILES string of the molecule is CCCCN(CC)C1CC(O)CCC1C(F)(F)F. The second-order valence-electron chi connectivity index (χ2n) is 5.16. The van der Waals surface area contributed by atoms with Gasteiger partial charge in [0.2, 0.25) is 0 Å². The van der Waals surface area contributed by atoms with Gasteiger partial charge in [0.05, 0.1) is 12.0 Å². The third kappa shape index (κ3) is 4.12. The molecule has 18 heavy (non-hydrogen) atoms. The molecule has 0 heterocycles. The Kier molecular flexibility index (Phi) is 5.92. The summed E-state index contributed by atoms with van der Waals surface area (Å²) in [6.45, 7) is 5.23. The van der Waals surface area contributed by atoms with Crippen LogP contribution >= 0.6 is 0 Å². The normalized spacial score (nSPS) is 29.8. The summed E-state index contributed by atoms with van der Waals surface area (Å²) in [5.74, 6) is -1.28. The van der Waals surface area contributed by atoms with Crippen molar-refractivity contribution in [2.75, 3.05) is 13.1 Å². The Hall–Kier alpha value is -0.290. The maximum absolute atomic E-state index is 13.0. The van der Waals surface area contributed by atoms with Crippen molar-refractivity contribution in [3.8, 4) is 0 Å².